The number of nitrogens with zero attached hydrogens (tertiary/aromatic N) is 1. The van der Waals surface area contributed by atoms with Crippen molar-refractivity contribution in [2.24, 2.45) is 0 Å². The van der Waals surface area contributed by atoms with Gasteiger partial charge in [-0.05, 0) is 39.7 Å². The predicted molar refractivity (Wildman–Crippen MR) is 77.6 cm³/mol. The van der Waals surface area contributed by atoms with Crippen molar-refractivity contribution in [3.05, 3.63) is 24.0 Å². The lowest BCUT2D eigenvalue weighted by atomic mass is 9.80. The summed E-state index contributed by atoms with van der Waals surface area (Å²) >= 11 is 5.51. The smallest absolute Gasteiger partial charge is 0.399 e. The average Bonchev–Trinajstić information content (AvgIpc) is 2.56. The number of rotatable bonds is 1. The maximum absolute atomic E-state index is 5.95. The van der Waals surface area contributed by atoms with E-state index in [2.05, 4.69) is 16.8 Å². The van der Waals surface area contributed by atoms with Crippen molar-refractivity contribution in [3.63, 3.8) is 0 Å². The molecule has 1 aliphatic rings. The van der Waals surface area contributed by atoms with E-state index in [1.807, 2.05) is 39.8 Å². The first-order valence-electron chi connectivity index (χ1n) is 6.22. The highest BCUT2D eigenvalue weighted by Crippen LogP contribution is 2.36. The monoisotopic (exact) mass is 277 g/mol. The van der Waals surface area contributed by atoms with E-state index in [0.29, 0.717) is 11.6 Å². The summed E-state index contributed by atoms with van der Waals surface area (Å²) in [7, 11) is -0.382. The summed E-state index contributed by atoms with van der Waals surface area (Å²) in [4.78, 5) is 4.26. The third-order valence-corrected chi connectivity index (χ3v) is 3.73. The van der Waals surface area contributed by atoms with Gasteiger partial charge in [0.1, 0.15) is 5.69 Å². The lowest BCUT2D eigenvalue weighted by molar-refractivity contribution is 0.00578. The lowest BCUT2D eigenvalue weighted by Gasteiger charge is -2.32. The van der Waals surface area contributed by atoms with Crippen LogP contribution in [0.4, 0.5) is 0 Å². The Morgan fingerprint density at radius 1 is 1.21 bits per heavy atom. The molecule has 0 spiro atoms. The number of halogens is 1. The molecule has 1 fully saturated rings. The molecule has 0 aliphatic carbocycles. The predicted octanol–water partition coefficient (Wildman–Crippen LogP) is 1.97. The zero-order valence-electron chi connectivity index (χ0n) is 11.7. The molecule has 0 atom stereocenters. The van der Waals surface area contributed by atoms with E-state index in [-0.39, 0.29) is 18.3 Å². The molecule has 19 heavy (non-hydrogen) atoms. The molecule has 0 radical (unpaired) electrons. The second-order valence-electron chi connectivity index (χ2n) is 5.50. The van der Waals surface area contributed by atoms with Crippen LogP contribution in [-0.4, -0.2) is 29.2 Å². The quantitative estimate of drug-likeness (QED) is 0.447. The van der Waals surface area contributed by atoms with Gasteiger partial charge in [0, 0.05) is 11.7 Å². The number of hydrogen-bond donors (Lipinski definition) is 0. The Morgan fingerprint density at radius 3 is 2.32 bits per heavy atom. The second-order valence-corrected chi connectivity index (χ2v) is 5.77. The fourth-order valence-electron chi connectivity index (χ4n) is 1.72. The molecule has 0 bridgehead atoms. The number of alkyl halides is 1. The van der Waals surface area contributed by atoms with E-state index < -0.39 is 0 Å². The van der Waals surface area contributed by atoms with E-state index in [4.69, 9.17) is 20.9 Å². The Bertz CT molecular complexity index is 500. The topological polar surface area (TPSA) is 31.4 Å². The van der Waals surface area contributed by atoms with Gasteiger partial charge in [0.05, 0.1) is 17.1 Å². The van der Waals surface area contributed by atoms with Crippen molar-refractivity contribution >= 4 is 24.2 Å². The van der Waals surface area contributed by atoms with Gasteiger partial charge in [0.2, 0.25) is 0 Å². The molecule has 3 nitrogen and oxygen atoms in total. The van der Waals surface area contributed by atoms with Crippen LogP contribution in [0.5, 0.6) is 0 Å². The summed E-state index contributed by atoms with van der Waals surface area (Å²) in [6.45, 7) is 8.11. The number of pyridine rings is 1. The third kappa shape index (κ3) is 2.95. The van der Waals surface area contributed by atoms with Crippen LogP contribution in [-0.2, 0) is 9.31 Å². The van der Waals surface area contributed by atoms with Crippen molar-refractivity contribution in [3.8, 4) is 11.8 Å². The van der Waals surface area contributed by atoms with Crippen LogP contribution in [0.25, 0.3) is 0 Å². The molecule has 0 amide bonds. The average molecular weight is 278 g/mol. The van der Waals surface area contributed by atoms with Crippen molar-refractivity contribution in [2.45, 2.75) is 38.9 Å². The molecule has 0 N–H and O–H groups in total. The maximum Gasteiger partial charge on any atom is 0.496 e. The van der Waals surface area contributed by atoms with Crippen LogP contribution in [0.1, 0.15) is 33.4 Å². The summed E-state index contributed by atoms with van der Waals surface area (Å²) in [5.74, 6) is 5.95. The molecule has 0 saturated carbocycles. The minimum Gasteiger partial charge on any atom is -0.399 e. The first kappa shape index (κ1) is 14.4. The molecule has 1 aromatic rings. The summed E-state index contributed by atoms with van der Waals surface area (Å²) in [5.41, 5.74) is 0.916. The van der Waals surface area contributed by atoms with E-state index in [9.17, 15) is 0 Å². The van der Waals surface area contributed by atoms with Gasteiger partial charge in [-0.1, -0.05) is 12.0 Å². The SMILES string of the molecule is CC1(C)OB(c2ccc(C#CCCl)nc2)OC1(C)C. The van der Waals surface area contributed by atoms with E-state index in [1.54, 1.807) is 6.20 Å². The highest BCUT2D eigenvalue weighted by atomic mass is 35.5. The highest BCUT2D eigenvalue weighted by Gasteiger charge is 2.51. The lowest BCUT2D eigenvalue weighted by Crippen LogP contribution is -2.41. The van der Waals surface area contributed by atoms with Crippen LogP contribution in [0.15, 0.2) is 18.3 Å². The molecule has 100 valence electrons. The standard InChI is InChI=1S/C14H17BClNO2/c1-13(2)14(3,4)19-15(18-13)11-7-8-12(17-10-11)6-5-9-16/h7-8,10H,9H2,1-4H3. The Hall–Kier alpha value is -1.02. The maximum atomic E-state index is 5.95. The normalized spacial score (nSPS) is 19.9. The zero-order chi connectivity index (χ0) is 14.1. The Kier molecular flexibility index (Phi) is 3.91. The molecular formula is C14H17BClNO2. The zero-order valence-corrected chi connectivity index (χ0v) is 12.4. The minimum absolute atomic E-state index is 0.306. The fourth-order valence-corrected chi connectivity index (χ4v) is 1.79. The van der Waals surface area contributed by atoms with Crippen LogP contribution in [0.3, 0.4) is 0 Å². The van der Waals surface area contributed by atoms with Gasteiger partial charge in [-0.15, -0.1) is 11.6 Å². The van der Waals surface area contributed by atoms with Gasteiger partial charge < -0.3 is 9.31 Å². The van der Waals surface area contributed by atoms with Gasteiger partial charge in [0.15, 0.2) is 0 Å². The van der Waals surface area contributed by atoms with Crippen molar-refractivity contribution < 1.29 is 9.31 Å². The molecule has 0 aromatic carbocycles. The summed E-state index contributed by atoms with van der Waals surface area (Å²) in [6.07, 6.45) is 1.74. The molecule has 1 aliphatic heterocycles. The second kappa shape index (κ2) is 5.17. The summed E-state index contributed by atoms with van der Waals surface area (Å²) < 4.78 is 11.9. The van der Waals surface area contributed by atoms with E-state index in [1.165, 1.54) is 0 Å². The number of aromatic nitrogens is 1. The van der Waals surface area contributed by atoms with Gasteiger partial charge in [-0.3, -0.25) is 0 Å². The molecule has 5 heteroatoms. The van der Waals surface area contributed by atoms with Crippen LogP contribution < -0.4 is 5.46 Å². The Morgan fingerprint density at radius 2 is 1.84 bits per heavy atom. The molecule has 1 aromatic heterocycles. The van der Waals surface area contributed by atoms with Crippen molar-refractivity contribution in [1.29, 1.82) is 0 Å². The van der Waals surface area contributed by atoms with E-state index in [0.717, 1.165) is 5.46 Å². The van der Waals surface area contributed by atoms with Crippen LogP contribution >= 0.6 is 11.6 Å². The van der Waals surface area contributed by atoms with Gasteiger partial charge >= 0.3 is 7.12 Å². The Balaban J connectivity index is 2.17. The van der Waals surface area contributed by atoms with E-state index >= 15 is 0 Å². The minimum atomic E-state index is -0.382. The number of hydrogen-bond acceptors (Lipinski definition) is 3. The highest BCUT2D eigenvalue weighted by molar-refractivity contribution is 6.62. The largest absolute Gasteiger partial charge is 0.496 e. The van der Waals surface area contributed by atoms with Crippen molar-refractivity contribution in [2.75, 3.05) is 5.88 Å². The Labute approximate surface area is 119 Å². The summed E-state index contributed by atoms with van der Waals surface area (Å²) in [5, 5.41) is 0. The van der Waals surface area contributed by atoms with Gasteiger partial charge in [-0.2, -0.15) is 0 Å². The molecule has 2 rings (SSSR count). The molecule has 0 unspecified atom stereocenters. The fraction of sp³-hybridized carbons (Fsp3) is 0.500. The van der Waals surface area contributed by atoms with Gasteiger partial charge in [-0.25, -0.2) is 4.98 Å². The van der Waals surface area contributed by atoms with Crippen LogP contribution in [0, 0.1) is 11.8 Å². The van der Waals surface area contributed by atoms with Gasteiger partial charge in [0.25, 0.3) is 0 Å². The van der Waals surface area contributed by atoms with Crippen LogP contribution in [0.2, 0.25) is 0 Å². The molecule has 1 saturated heterocycles. The molecule has 2 heterocycles. The molecular weight excluding hydrogens is 260 g/mol. The van der Waals surface area contributed by atoms with Crippen molar-refractivity contribution in [1.82, 2.24) is 4.98 Å². The third-order valence-electron chi connectivity index (χ3n) is 3.60. The first-order valence-corrected chi connectivity index (χ1v) is 6.75. The summed E-state index contributed by atoms with van der Waals surface area (Å²) in [6, 6.07) is 3.77. The first-order chi connectivity index (χ1) is 8.86.